The molecule has 14 rings (SSSR count). The van der Waals surface area contributed by atoms with E-state index < -0.39 is 5.41 Å². The summed E-state index contributed by atoms with van der Waals surface area (Å²) in [4.78, 5) is 2.44. The van der Waals surface area contributed by atoms with Gasteiger partial charge in [-0.2, -0.15) is 0 Å². The van der Waals surface area contributed by atoms with E-state index in [2.05, 4.69) is 235 Å². The molecule has 11 aromatic rings. The Hall–Kier alpha value is -8.46. The molecule has 0 N–H and O–H groups in total. The van der Waals surface area contributed by atoms with Crippen LogP contribution in [0.1, 0.15) is 22.3 Å². The van der Waals surface area contributed by atoms with Gasteiger partial charge in [-0.1, -0.05) is 188 Å². The quantitative estimate of drug-likeness (QED) is 0.165. The fourth-order valence-corrected chi connectivity index (χ4v) is 11.7. The maximum Gasteiger partial charge on any atom is 0.135 e. The molecule has 2 nitrogen and oxygen atoms in total. The summed E-state index contributed by atoms with van der Waals surface area (Å²) in [6.07, 6.45) is 0. The molecule has 0 radical (unpaired) electrons. The fourth-order valence-electron chi connectivity index (χ4n) is 11.7. The Labute approximate surface area is 377 Å². The number of ether oxygens (including phenoxy) is 1. The maximum absolute atomic E-state index is 6.64. The summed E-state index contributed by atoms with van der Waals surface area (Å²) in [5, 5.41) is 5.11. The van der Waals surface area contributed by atoms with Gasteiger partial charge in [0.25, 0.3) is 0 Å². The summed E-state index contributed by atoms with van der Waals surface area (Å²) in [5.41, 5.74) is 19.8. The van der Waals surface area contributed by atoms with Crippen LogP contribution >= 0.6 is 0 Å². The van der Waals surface area contributed by atoms with Crippen molar-refractivity contribution in [3.63, 3.8) is 0 Å². The molecule has 3 aliphatic rings. The average molecular weight is 826 g/mol. The first-order chi connectivity index (χ1) is 32.3. The third-order valence-electron chi connectivity index (χ3n) is 14.3. The Kier molecular flexibility index (Phi) is 7.64. The Morgan fingerprint density at radius 3 is 1.42 bits per heavy atom. The highest BCUT2D eigenvalue weighted by atomic mass is 16.5. The zero-order chi connectivity index (χ0) is 42.6. The van der Waals surface area contributed by atoms with Crippen molar-refractivity contribution in [2.75, 3.05) is 4.90 Å². The molecular weight excluding hydrogens is 787 g/mol. The topological polar surface area (TPSA) is 12.5 Å². The minimum Gasteiger partial charge on any atom is -0.456 e. The molecule has 0 aromatic heterocycles. The van der Waals surface area contributed by atoms with Crippen LogP contribution in [0.3, 0.4) is 0 Å². The van der Waals surface area contributed by atoms with E-state index in [-0.39, 0.29) is 0 Å². The molecule has 1 spiro atoms. The van der Waals surface area contributed by atoms with E-state index >= 15 is 0 Å². The molecule has 0 fully saturated rings. The molecule has 1 aliphatic heterocycles. The van der Waals surface area contributed by atoms with Gasteiger partial charge < -0.3 is 9.64 Å². The smallest absolute Gasteiger partial charge is 0.135 e. The van der Waals surface area contributed by atoms with Gasteiger partial charge >= 0.3 is 0 Å². The molecule has 65 heavy (non-hydrogen) atoms. The van der Waals surface area contributed by atoms with E-state index in [1.165, 1.54) is 77.2 Å². The molecule has 2 aliphatic carbocycles. The molecule has 0 bridgehead atoms. The highest BCUT2D eigenvalue weighted by Gasteiger charge is 2.51. The zero-order valence-corrected chi connectivity index (χ0v) is 35.4. The highest BCUT2D eigenvalue weighted by Crippen LogP contribution is 2.65. The van der Waals surface area contributed by atoms with E-state index in [0.717, 1.165) is 50.8 Å². The summed E-state index contributed by atoms with van der Waals surface area (Å²) in [6.45, 7) is 0. The third-order valence-corrected chi connectivity index (χ3v) is 14.3. The second-order valence-electron chi connectivity index (χ2n) is 17.5. The fraction of sp³-hybridized carbons (Fsp3) is 0.0159. The van der Waals surface area contributed by atoms with Gasteiger partial charge in [-0.3, -0.25) is 0 Å². The van der Waals surface area contributed by atoms with Crippen LogP contribution in [0.15, 0.2) is 237 Å². The number of hydrogen-bond acceptors (Lipinski definition) is 2. The van der Waals surface area contributed by atoms with Crippen LogP contribution in [-0.4, -0.2) is 0 Å². The normalized spacial score (nSPS) is 14.6. The van der Waals surface area contributed by atoms with Gasteiger partial charge in [0, 0.05) is 28.2 Å². The standard InChI is InChI=1S/C63H39NO/c1-2-18-40(19-3-1)64(41-34-36-47-50-25-12-16-32-59(50)65-60-33-17-13-26-51(60)55(47)38-41)42-35-37-49-44-21-5-4-20-43(44)48-24-10-14-30-56(48)63(58(49)39-42)57-31-15-11-29-54(57)61-52-27-8-6-22-45(52)46-23-7-9-28-53(46)62(61)63/h1-39H. The lowest BCUT2D eigenvalue weighted by molar-refractivity contribution is 0.488. The lowest BCUT2D eigenvalue weighted by atomic mass is 9.64. The summed E-state index contributed by atoms with van der Waals surface area (Å²) >= 11 is 0. The van der Waals surface area contributed by atoms with Crippen molar-refractivity contribution in [3.05, 3.63) is 259 Å². The predicted molar refractivity (Wildman–Crippen MR) is 269 cm³/mol. The van der Waals surface area contributed by atoms with Crippen LogP contribution in [-0.2, 0) is 5.41 Å². The predicted octanol–water partition coefficient (Wildman–Crippen LogP) is 16.9. The van der Waals surface area contributed by atoms with Crippen molar-refractivity contribution in [1.82, 2.24) is 0 Å². The molecule has 1 heterocycles. The minimum absolute atomic E-state index is 0.688. The van der Waals surface area contributed by atoms with Crippen LogP contribution in [0.4, 0.5) is 17.1 Å². The van der Waals surface area contributed by atoms with Crippen molar-refractivity contribution in [2.45, 2.75) is 5.41 Å². The van der Waals surface area contributed by atoms with E-state index in [9.17, 15) is 0 Å². The summed E-state index contributed by atoms with van der Waals surface area (Å²) < 4.78 is 6.64. The van der Waals surface area contributed by atoms with E-state index in [0.29, 0.717) is 0 Å². The summed E-state index contributed by atoms with van der Waals surface area (Å²) in [6, 6.07) is 87.4. The van der Waals surface area contributed by atoms with Crippen LogP contribution in [0.5, 0.6) is 11.5 Å². The number of rotatable bonds is 3. The van der Waals surface area contributed by atoms with Crippen molar-refractivity contribution in [3.8, 4) is 67.1 Å². The average Bonchev–Trinajstić information content (AvgIpc) is 3.55. The van der Waals surface area contributed by atoms with Gasteiger partial charge in [0.15, 0.2) is 0 Å². The monoisotopic (exact) mass is 825 g/mol. The molecular formula is C63H39NO. The number of fused-ring (bicyclic) bond motifs is 22. The lowest BCUT2D eigenvalue weighted by Crippen LogP contribution is -2.30. The molecule has 0 saturated heterocycles. The Morgan fingerprint density at radius 2 is 0.723 bits per heavy atom. The largest absolute Gasteiger partial charge is 0.456 e. The van der Waals surface area contributed by atoms with Crippen LogP contribution < -0.4 is 9.64 Å². The SMILES string of the molecule is c1ccc(N(c2ccc3c(c2)-c2ccccc2Oc2ccccc2-3)c2ccc3c(c2)C2(c4ccccc4-c4ccccc4-3)c3ccccc3-c3c2c2ccccc2c2ccccc32)cc1. The Morgan fingerprint density at radius 1 is 0.277 bits per heavy atom. The van der Waals surface area contributed by atoms with Gasteiger partial charge in [-0.05, 0) is 137 Å². The van der Waals surface area contributed by atoms with Crippen LogP contribution in [0.2, 0.25) is 0 Å². The summed E-state index contributed by atoms with van der Waals surface area (Å²) in [7, 11) is 0. The van der Waals surface area contributed by atoms with Crippen molar-refractivity contribution in [1.29, 1.82) is 0 Å². The van der Waals surface area contributed by atoms with Crippen LogP contribution in [0.25, 0.3) is 77.2 Å². The van der Waals surface area contributed by atoms with Crippen molar-refractivity contribution < 1.29 is 4.74 Å². The van der Waals surface area contributed by atoms with Crippen LogP contribution in [0, 0.1) is 0 Å². The van der Waals surface area contributed by atoms with E-state index in [1.54, 1.807) is 0 Å². The molecule has 11 aromatic carbocycles. The van der Waals surface area contributed by atoms with E-state index in [4.69, 9.17) is 4.74 Å². The van der Waals surface area contributed by atoms with Crippen molar-refractivity contribution >= 4 is 38.6 Å². The first-order valence-electron chi connectivity index (χ1n) is 22.5. The van der Waals surface area contributed by atoms with Gasteiger partial charge in [0.2, 0.25) is 0 Å². The third kappa shape index (κ3) is 4.99. The zero-order valence-electron chi connectivity index (χ0n) is 35.4. The van der Waals surface area contributed by atoms with Crippen molar-refractivity contribution in [2.24, 2.45) is 0 Å². The number of anilines is 3. The molecule has 1 atom stereocenters. The van der Waals surface area contributed by atoms with Gasteiger partial charge in [0.05, 0.1) is 5.41 Å². The lowest BCUT2D eigenvalue weighted by Gasteiger charge is -2.37. The molecule has 0 saturated carbocycles. The maximum atomic E-state index is 6.64. The number of nitrogens with zero attached hydrogens (tertiary/aromatic N) is 1. The Balaban J connectivity index is 1.12. The van der Waals surface area contributed by atoms with Gasteiger partial charge in [-0.15, -0.1) is 0 Å². The van der Waals surface area contributed by atoms with Gasteiger partial charge in [-0.25, -0.2) is 0 Å². The molecule has 302 valence electrons. The molecule has 0 amide bonds. The molecule has 2 heteroatoms. The van der Waals surface area contributed by atoms with Gasteiger partial charge in [0.1, 0.15) is 11.5 Å². The second-order valence-corrected chi connectivity index (χ2v) is 17.5. The highest BCUT2D eigenvalue weighted by molar-refractivity contribution is 6.20. The first-order valence-corrected chi connectivity index (χ1v) is 22.5. The van der Waals surface area contributed by atoms with E-state index in [1.807, 2.05) is 6.07 Å². The Bertz CT molecular complexity index is 3770. The minimum atomic E-state index is -0.688. The number of benzene rings is 11. The number of hydrogen-bond donors (Lipinski definition) is 0. The molecule has 1 unspecified atom stereocenters. The summed E-state index contributed by atoms with van der Waals surface area (Å²) in [5.74, 6) is 1.71. The second kappa shape index (κ2) is 13.8. The number of para-hydroxylation sites is 3. The first kappa shape index (κ1) is 36.1.